The molecule has 0 bridgehead atoms. The van der Waals surface area contributed by atoms with E-state index in [2.05, 4.69) is 36.2 Å². The largest absolute Gasteiger partial charge is 0.385 e. The summed E-state index contributed by atoms with van der Waals surface area (Å²) in [6.45, 7) is 1.83. The van der Waals surface area contributed by atoms with Crippen LogP contribution in [-0.4, -0.2) is 48.4 Å². The number of carbonyl (C=O) groups excluding carboxylic acids is 1. The van der Waals surface area contributed by atoms with Crippen molar-refractivity contribution in [1.29, 1.82) is 0 Å². The second-order valence-corrected chi connectivity index (χ2v) is 7.57. The van der Waals surface area contributed by atoms with Gasteiger partial charge in [-0.2, -0.15) is 5.10 Å². The molecule has 0 unspecified atom stereocenters. The summed E-state index contributed by atoms with van der Waals surface area (Å²) in [6, 6.07) is 8.84. The zero-order valence-electron chi connectivity index (χ0n) is 17.5. The molecule has 4 aromatic rings. The molecule has 32 heavy (non-hydrogen) atoms. The number of carbonyl (C=O) groups is 1. The van der Waals surface area contributed by atoms with Crippen molar-refractivity contribution >= 4 is 28.7 Å². The van der Waals surface area contributed by atoms with Gasteiger partial charge in [0.2, 0.25) is 0 Å². The molecule has 1 fully saturated rings. The predicted octanol–water partition coefficient (Wildman–Crippen LogP) is 1.66. The van der Waals surface area contributed by atoms with E-state index in [0.29, 0.717) is 34.4 Å². The minimum atomic E-state index is -0.309. The van der Waals surface area contributed by atoms with Crippen LogP contribution in [0.15, 0.2) is 47.5 Å². The average Bonchev–Trinajstić information content (AvgIpc) is 3.50. The maximum Gasteiger partial charge on any atom is 0.280 e. The van der Waals surface area contributed by atoms with Gasteiger partial charge in [-0.25, -0.2) is 9.50 Å². The van der Waals surface area contributed by atoms with Gasteiger partial charge in [0.15, 0.2) is 23.0 Å². The zero-order chi connectivity index (χ0) is 22.2. The first-order valence-corrected chi connectivity index (χ1v) is 10.2. The summed E-state index contributed by atoms with van der Waals surface area (Å²) in [5.74, 6) is 0.564. The Morgan fingerprint density at radius 2 is 2.00 bits per heavy atom. The van der Waals surface area contributed by atoms with Gasteiger partial charge in [-0.05, 0) is 44.0 Å². The molecule has 1 amide bonds. The Hall–Kier alpha value is -4.28. The Morgan fingerprint density at radius 3 is 2.72 bits per heavy atom. The third-order valence-electron chi connectivity index (χ3n) is 5.12. The summed E-state index contributed by atoms with van der Waals surface area (Å²) < 4.78 is 2.87. The lowest BCUT2D eigenvalue weighted by Crippen LogP contribution is -2.27. The summed E-state index contributed by atoms with van der Waals surface area (Å²) in [5.41, 5.74) is 2.25. The van der Waals surface area contributed by atoms with Gasteiger partial charge < -0.3 is 16.0 Å². The Balaban J connectivity index is 1.52. The molecule has 0 saturated heterocycles. The molecule has 1 saturated carbocycles. The van der Waals surface area contributed by atoms with Crippen molar-refractivity contribution in [3.05, 3.63) is 64.5 Å². The number of aryl methyl sites for hydroxylation is 1. The van der Waals surface area contributed by atoms with Crippen LogP contribution in [0.2, 0.25) is 0 Å². The van der Waals surface area contributed by atoms with E-state index in [1.807, 2.05) is 6.92 Å². The molecule has 4 heterocycles. The molecule has 11 heteroatoms. The number of nitrogens with zero attached hydrogens (tertiary/aromatic N) is 6. The number of hydrogen-bond donors (Lipinski definition) is 3. The lowest BCUT2D eigenvalue weighted by atomic mass is 10.3. The quantitative estimate of drug-likeness (QED) is 0.420. The van der Waals surface area contributed by atoms with Crippen LogP contribution in [0.5, 0.6) is 0 Å². The highest BCUT2D eigenvalue weighted by atomic mass is 16.2. The monoisotopic (exact) mass is 431 g/mol. The third-order valence-corrected chi connectivity index (χ3v) is 5.12. The van der Waals surface area contributed by atoms with Crippen molar-refractivity contribution in [1.82, 2.24) is 34.7 Å². The Bertz CT molecular complexity index is 1370. The maximum absolute atomic E-state index is 13.0. The third kappa shape index (κ3) is 3.64. The molecule has 4 aromatic heterocycles. The minimum Gasteiger partial charge on any atom is -0.385 e. The van der Waals surface area contributed by atoms with Gasteiger partial charge in [0.25, 0.3) is 11.5 Å². The van der Waals surface area contributed by atoms with E-state index in [-0.39, 0.29) is 17.5 Å². The van der Waals surface area contributed by atoms with Crippen LogP contribution in [0.3, 0.4) is 0 Å². The molecule has 0 radical (unpaired) electrons. The van der Waals surface area contributed by atoms with Crippen molar-refractivity contribution in [2.24, 2.45) is 0 Å². The zero-order valence-corrected chi connectivity index (χ0v) is 17.5. The van der Waals surface area contributed by atoms with Crippen molar-refractivity contribution in [2.75, 3.05) is 17.7 Å². The van der Waals surface area contributed by atoms with Crippen LogP contribution in [0.4, 0.5) is 17.2 Å². The number of fused-ring (bicyclic) bond motifs is 1. The molecular formula is C21H21N9O2. The lowest BCUT2D eigenvalue weighted by molar-refractivity contribution is 0.0944. The molecule has 1 aliphatic carbocycles. The maximum atomic E-state index is 13.0. The molecule has 0 atom stereocenters. The molecule has 0 aromatic carbocycles. The number of hydrogen-bond acceptors (Lipinski definition) is 8. The van der Waals surface area contributed by atoms with Gasteiger partial charge in [0.1, 0.15) is 5.69 Å². The van der Waals surface area contributed by atoms with Crippen molar-refractivity contribution in [3.63, 3.8) is 0 Å². The number of imidazole rings is 1. The lowest BCUT2D eigenvalue weighted by Gasteiger charge is -2.11. The van der Waals surface area contributed by atoms with Gasteiger partial charge >= 0.3 is 0 Å². The number of amides is 1. The molecule has 11 nitrogen and oxygen atoms in total. The summed E-state index contributed by atoms with van der Waals surface area (Å²) in [5, 5.41) is 21.7. The number of rotatable bonds is 6. The van der Waals surface area contributed by atoms with E-state index in [9.17, 15) is 9.59 Å². The number of anilines is 3. The van der Waals surface area contributed by atoms with Crippen LogP contribution >= 0.6 is 0 Å². The molecule has 0 spiro atoms. The van der Waals surface area contributed by atoms with E-state index in [4.69, 9.17) is 0 Å². The van der Waals surface area contributed by atoms with E-state index >= 15 is 0 Å². The van der Waals surface area contributed by atoms with Gasteiger partial charge in [0.05, 0.1) is 17.6 Å². The first kappa shape index (κ1) is 19.7. The van der Waals surface area contributed by atoms with E-state index in [0.717, 1.165) is 18.5 Å². The fourth-order valence-corrected chi connectivity index (χ4v) is 3.28. The predicted molar refractivity (Wildman–Crippen MR) is 119 cm³/mol. The highest BCUT2D eigenvalue weighted by Gasteiger charge is 2.26. The SMILES string of the molecule is CNc1cc(Nc2cccn(-c3ccc(C)nn3)c2=O)nn2c(C(=O)NC3CC3)cnc12. The Labute approximate surface area is 182 Å². The topological polar surface area (TPSA) is 131 Å². The molecular weight excluding hydrogens is 410 g/mol. The first-order valence-electron chi connectivity index (χ1n) is 10.2. The second-order valence-electron chi connectivity index (χ2n) is 7.57. The van der Waals surface area contributed by atoms with Crippen molar-refractivity contribution in [2.45, 2.75) is 25.8 Å². The van der Waals surface area contributed by atoms with Gasteiger partial charge in [-0.15, -0.1) is 10.2 Å². The first-order chi connectivity index (χ1) is 15.5. The summed E-state index contributed by atoms with van der Waals surface area (Å²) >= 11 is 0. The highest BCUT2D eigenvalue weighted by molar-refractivity contribution is 5.94. The van der Waals surface area contributed by atoms with Crippen LogP contribution < -0.4 is 21.5 Å². The summed E-state index contributed by atoms with van der Waals surface area (Å²) in [7, 11) is 1.75. The summed E-state index contributed by atoms with van der Waals surface area (Å²) in [4.78, 5) is 30.0. The molecule has 3 N–H and O–H groups in total. The Kier molecular flexibility index (Phi) is 4.77. The van der Waals surface area contributed by atoms with Crippen LogP contribution in [0.1, 0.15) is 29.0 Å². The second kappa shape index (κ2) is 7.76. The highest BCUT2D eigenvalue weighted by Crippen LogP contribution is 2.23. The summed E-state index contributed by atoms with van der Waals surface area (Å²) in [6.07, 6.45) is 5.08. The standard InChI is InChI=1S/C21H21N9O2/c1-12-5-8-18(27-26-12)29-9-3-4-14(21(29)32)25-17-10-15(22-2)19-23-11-16(30(19)28-17)20(31)24-13-6-7-13/h3-5,8-11,13,22H,6-7H2,1-2H3,(H,24,31)(H,25,28). The molecule has 1 aliphatic rings. The van der Waals surface area contributed by atoms with E-state index < -0.39 is 0 Å². The molecule has 5 rings (SSSR count). The minimum absolute atomic E-state index is 0.214. The van der Waals surface area contributed by atoms with Crippen molar-refractivity contribution in [3.8, 4) is 5.82 Å². The van der Waals surface area contributed by atoms with E-state index in [1.165, 1.54) is 15.3 Å². The van der Waals surface area contributed by atoms with Gasteiger partial charge in [0, 0.05) is 25.4 Å². The van der Waals surface area contributed by atoms with Crippen molar-refractivity contribution < 1.29 is 4.79 Å². The normalized spacial score (nSPS) is 13.2. The fraction of sp³-hybridized carbons (Fsp3) is 0.238. The van der Waals surface area contributed by atoms with Crippen LogP contribution in [0.25, 0.3) is 11.5 Å². The molecule has 0 aliphatic heterocycles. The van der Waals surface area contributed by atoms with E-state index in [1.54, 1.807) is 43.6 Å². The van der Waals surface area contributed by atoms with Crippen LogP contribution in [-0.2, 0) is 0 Å². The smallest absolute Gasteiger partial charge is 0.280 e. The number of pyridine rings is 1. The molecule has 162 valence electrons. The number of aromatic nitrogens is 6. The van der Waals surface area contributed by atoms with Gasteiger partial charge in [-0.3, -0.25) is 14.2 Å². The van der Waals surface area contributed by atoms with Crippen LogP contribution in [0, 0.1) is 6.92 Å². The Morgan fingerprint density at radius 1 is 1.16 bits per heavy atom. The van der Waals surface area contributed by atoms with Gasteiger partial charge in [-0.1, -0.05) is 0 Å². The fourth-order valence-electron chi connectivity index (χ4n) is 3.28. The average molecular weight is 431 g/mol. The number of nitrogens with one attached hydrogen (secondary N) is 3.